The number of anilines is 1. The van der Waals surface area contributed by atoms with Crippen LogP contribution in [-0.2, 0) is 10.2 Å². The Balaban J connectivity index is 1.35. The summed E-state index contributed by atoms with van der Waals surface area (Å²) in [6.07, 6.45) is 4.42. The number of benzene rings is 1. The maximum atomic E-state index is 13.5. The molecule has 0 spiro atoms. The van der Waals surface area contributed by atoms with Crippen molar-refractivity contribution in [2.75, 3.05) is 31.1 Å². The molecule has 1 saturated heterocycles. The fraction of sp³-hybridized carbons (Fsp3) is 0.429. The van der Waals surface area contributed by atoms with Crippen LogP contribution in [-0.4, -0.2) is 43.0 Å². The average Bonchev–Trinajstić information content (AvgIpc) is 3.45. The predicted octanol–water partition coefficient (Wildman–Crippen LogP) is 3.90. The van der Waals surface area contributed by atoms with Gasteiger partial charge in [0.25, 0.3) is 0 Å². The first kappa shape index (κ1) is 19.8. The van der Waals surface area contributed by atoms with Gasteiger partial charge in [-0.2, -0.15) is 0 Å². The minimum absolute atomic E-state index is 0.00345. The van der Waals surface area contributed by atoms with Gasteiger partial charge in [-0.3, -0.25) is 9.69 Å². The van der Waals surface area contributed by atoms with Crippen LogP contribution in [0.5, 0.6) is 0 Å². The van der Waals surface area contributed by atoms with Crippen molar-refractivity contribution in [1.29, 1.82) is 0 Å². The van der Waals surface area contributed by atoms with Crippen molar-refractivity contribution in [3.8, 4) is 0 Å². The molecule has 4 rings (SSSR count). The standard InChI is InChI=1S/C21H23F2N3O2S/c22-16-6-5-15(12-17(16)23)26-10-9-25(20(26)28)13-19(27)24-14-21(7-1-2-8-21)18-4-3-11-29-18/h3-6,11-12H,1-2,7-10,13-14H2,(H,24,27). The van der Waals surface area contributed by atoms with Gasteiger partial charge >= 0.3 is 6.03 Å². The van der Waals surface area contributed by atoms with Crippen LogP contribution in [0.3, 0.4) is 0 Å². The molecule has 0 unspecified atom stereocenters. The maximum Gasteiger partial charge on any atom is 0.325 e. The Morgan fingerprint density at radius 1 is 1.14 bits per heavy atom. The number of hydrogen-bond acceptors (Lipinski definition) is 3. The molecule has 8 heteroatoms. The van der Waals surface area contributed by atoms with E-state index in [1.807, 2.05) is 6.07 Å². The molecule has 2 heterocycles. The molecule has 1 aliphatic carbocycles. The lowest BCUT2D eigenvalue weighted by Crippen LogP contribution is -2.44. The van der Waals surface area contributed by atoms with Crippen molar-refractivity contribution >= 4 is 29.0 Å². The molecular formula is C21H23F2N3O2S. The van der Waals surface area contributed by atoms with E-state index in [2.05, 4.69) is 16.8 Å². The van der Waals surface area contributed by atoms with Crippen LogP contribution in [0.1, 0.15) is 30.6 Å². The molecule has 2 fully saturated rings. The molecule has 2 aliphatic rings. The van der Waals surface area contributed by atoms with Gasteiger partial charge in [0.15, 0.2) is 11.6 Å². The van der Waals surface area contributed by atoms with Crippen LogP contribution in [0.4, 0.5) is 19.3 Å². The molecular weight excluding hydrogens is 396 g/mol. The highest BCUT2D eigenvalue weighted by molar-refractivity contribution is 7.10. The third-order valence-electron chi connectivity index (χ3n) is 5.87. The van der Waals surface area contributed by atoms with Gasteiger partial charge in [-0.05, 0) is 36.4 Å². The lowest BCUT2D eigenvalue weighted by molar-refractivity contribution is -0.121. The number of thiophene rings is 1. The molecule has 1 aromatic heterocycles. The number of amides is 3. The van der Waals surface area contributed by atoms with Crippen molar-refractivity contribution in [1.82, 2.24) is 10.2 Å². The largest absolute Gasteiger partial charge is 0.354 e. The Labute approximate surface area is 172 Å². The van der Waals surface area contributed by atoms with Crippen LogP contribution in [0.2, 0.25) is 0 Å². The summed E-state index contributed by atoms with van der Waals surface area (Å²) in [5.74, 6) is -2.15. The summed E-state index contributed by atoms with van der Waals surface area (Å²) in [4.78, 5) is 29.2. The van der Waals surface area contributed by atoms with Crippen LogP contribution < -0.4 is 10.2 Å². The van der Waals surface area contributed by atoms with Crippen LogP contribution >= 0.6 is 11.3 Å². The van der Waals surface area contributed by atoms with Gasteiger partial charge in [-0.1, -0.05) is 18.9 Å². The van der Waals surface area contributed by atoms with E-state index in [-0.39, 0.29) is 23.9 Å². The predicted molar refractivity (Wildman–Crippen MR) is 108 cm³/mol. The Morgan fingerprint density at radius 3 is 2.62 bits per heavy atom. The van der Waals surface area contributed by atoms with E-state index in [4.69, 9.17) is 0 Å². The Kier molecular flexibility index (Phi) is 5.54. The summed E-state index contributed by atoms with van der Waals surface area (Å²) >= 11 is 1.72. The Bertz CT molecular complexity index is 897. The summed E-state index contributed by atoms with van der Waals surface area (Å²) in [6, 6.07) is 7.16. The van der Waals surface area contributed by atoms with Crippen LogP contribution in [0.25, 0.3) is 0 Å². The van der Waals surface area contributed by atoms with E-state index in [0.29, 0.717) is 25.3 Å². The van der Waals surface area contributed by atoms with Gasteiger partial charge < -0.3 is 10.2 Å². The third kappa shape index (κ3) is 3.99. The zero-order valence-corrected chi connectivity index (χ0v) is 16.8. The highest BCUT2D eigenvalue weighted by atomic mass is 32.1. The molecule has 2 aromatic rings. The van der Waals surface area contributed by atoms with Crippen molar-refractivity contribution < 1.29 is 18.4 Å². The Morgan fingerprint density at radius 2 is 1.93 bits per heavy atom. The number of nitrogens with one attached hydrogen (secondary N) is 1. The summed E-state index contributed by atoms with van der Waals surface area (Å²) in [7, 11) is 0. The number of hydrogen-bond donors (Lipinski definition) is 1. The molecule has 0 atom stereocenters. The first-order valence-corrected chi connectivity index (χ1v) is 10.7. The van der Waals surface area contributed by atoms with E-state index in [9.17, 15) is 18.4 Å². The highest BCUT2D eigenvalue weighted by Gasteiger charge is 2.37. The topological polar surface area (TPSA) is 52.7 Å². The van der Waals surface area contributed by atoms with Gasteiger partial charge in [0.2, 0.25) is 5.91 Å². The van der Waals surface area contributed by atoms with Gasteiger partial charge in [-0.15, -0.1) is 11.3 Å². The SMILES string of the molecule is O=C(CN1CCN(c2ccc(F)c(F)c2)C1=O)NCC1(c2cccs2)CCCC1. The molecule has 29 heavy (non-hydrogen) atoms. The number of urea groups is 1. The molecule has 1 N–H and O–H groups in total. The van der Waals surface area contributed by atoms with Crippen molar-refractivity contribution in [2.45, 2.75) is 31.1 Å². The number of halogens is 2. The first-order valence-electron chi connectivity index (χ1n) is 9.81. The van der Waals surface area contributed by atoms with E-state index in [1.54, 1.807) is 11.3 Å². The first-order chi connectivity index (χ1) is 14.0. The second-order valence-corrected chi connectivity index (χ2v) is 8.64. The molecule has 0 radical (unpaired) electrons. The normalized spacial score (nSPS) is 18.5. The number of nitrogens with zero attached hydrogens (tertiary/aromatic N) is 2. The highest BCUT2D eigenvalue weighted by Crippen LogP contribution is 2.42. The van der Waals surface area contributed by atoms with E-state index < -0.39 is 11.6 Å². The second-order valence-electron chi connectivity index (χ2n) is 7.70. The van der Waals surface area contributed by atoms with Crippen molar-refractivity contribution in [2.24, 2.45) is 0 Å². The molecule has 1 aliphatic heterocycles. The molecule has 154 valence electrons. The van der Waals surface area contributed by atoms with Gasteiger partial charge in [0.05, 0.1) is 0 Å². The molecule has 3 amide bonds. The second kappa shape index (κ2) is 8.10. The fourth-order valence-corrected chi connectivity index (χ4v) is 5.25. The van der Waals surface area contributed by atoms with Crippen molar-refractivity contribution in [3.05, 3.63) is 52.2 Å². The lowest BCUT2D eigenvalue weighted by atomic mass is 9.84. The number of carbonyl (C=O) groups is 2. The van der Waals surface area contributed by atoms with Gasteiger partial charge in [0.1, 0.15) is 6.54 Å². The monoisotopic (exact) mass is 419 g/mol. The smallest absolute Gasteiger partial charge is 0.325 e. The maximum absolute atomic E-state index is 13.5. The van der Waals surface area contributed by atoms with E-state index >= 15 is 0 Å². The zero-order valence-electron chi connectivity index (χ0n) is 16.0. The summed E-state index contributed by atoms with van der Waals surface area (Å²) in [5, 5.41) is 5.08. The minimum Gasteiger partial charge on any atom is -0.354 e. The molecule has 0 bridgehead atoms. The molecule has 1 aromatic carbocycles. The molecule has 1 saturated carbocycles. The summed E-state index contributed by atoms with van der Waals surface area (Å²) in [5.41, 5.74) is 0.288. The number of carbonyl (C=O) groups excluding carboxylic acids is 2. The fourth-order valence-electron chi connectivity index (χ4n) is 4.26. The quantitative estimate of drug-likeness (QED) is 0.772. The summed E-state index contributed by atoms with van der Waals surface area (Å²) < 4.78 is 26.6. The van der Waals surface area contributed by atoms with Crippen molar-refractivity contribution in [3.63, 3.8) is 0 Å². The molecule has 5 nitrogen and oxygen atoms in total. The van der Waals surface area contributed by atoms with E-state index in [0.717, 1.165) is 37.8 Å². The lowest BCUT2D eigenvalue weighted by Gasteiger charge is -2.28. The Hall–Kier alpha value is -2.48. The van der Waals surface area contributed by atoms with Gasteiger partial charge in [0, 0.05) is 41.7 Å². The number of rotatable bonds is 6. The van der Waals surface area contributed by atoms with Crippen LogP contribution in [0.15, 0.2) is 35.7 Å². The average molecular weight is 419 g/mol. The minimum atomic E-state index is -0.998. The third-order valence-corrected chi connectivity index (χ3v) is 6.99. The van der Waals surface area contributed by atoms with E-state index in [1.165, 1.54) is 20.7 Å². The summed E-state index contributed by atoms with van der Waals surface area (Å²) in [6.45, 7) is 1.22. The zero-order chi connectivity index (χ0) is 20.4. The van der Waals surface area contributed by atoms with Crippen LogP contribution in [0, 0.1) is 11.6 Å². The van der Waals surface area contributed by atoms with Gasteiger partial charge in [-0.25, -0.2) is 13.6 Å².